The molecule has 2 heterocycles. The summed E-state index contributed by atoms with van der Waals surface area (Å²) >= 11 is 3.56. The fourth-order valence-electron chi connectivity index (χ4n) is 2.80. The molecule has 1 aliphatic carbocycles. The minimum atomic E-state index is 0.680. The second kappa shape index (κ2) is 6.13. The number of thioether (sulfide) groups is 1. The molecule has 0 saturated heterocycles. The van der Waals surface area contributed by atoms with E-state index in [1.54, 1.807) is 11.8 Å². The number of anilines is 1. The van der Waals surface area contributed by atoms with Crippen molar-refractivity contribution in [1.82, 2.24) is 9.97 Å². The molecule has 0 bridgehead atoms. The lowest BCUT2D eigenvalue weighted by Crippen LogP contribution is -2.09. The van der Waals surface area contributed by atoms with E-state index in [4.69, 9.17) is 10.7 Å². The van der Waals surface area contributed by atoms with E-state index in [0.29, 0.717) is 11.7 Å². The van der Waals surface area contributed by atoms with Crippen LogP contribution in [0.25, 0.3) is 10.2 Å². The Morgan fingerprint density at radius 3 is 2.95 bits per heavy atom. The molecule has 3 rings (SSSR count). The molecule has 114 valence electrons. The van der Waals surface area contributed by atoms with Crippen LogP contribution >= 0.6 is 23.1 Å². The van der Waals surface area contributed by atoms with Crippen molar-refractivity contribution in [3.05, 3.63) is 10.4 Å². The van der Waals surface area contributed by atoms with Crippen LogP contribution in [-0.2, 0) is 12.8 Å². The van der Waals surface area contributed by atoms with Crippen molar-refractivity contribution in [3.63, 3.8) is 0 Å². The standard InChI is InChI=1S/C16H23N3S2/c1-9(2)6-7-20-16-18-14(17)13-11-5-4-10(3)8-12(11)21-15(13)19-16/h9-10H,4-8H2,1-3H3,(H2,17,18,19)/t10-/m0/s1. The first-order chi connectivity index (χ1) is 10.0. The summed E-state index contributed by atoms with van der Waals surface area (Å²) < 4.78 is 0. The lowest BCUT2D eigenvalue weighted by Gasteiger charge is -2.17. The van der Waals surface area contributed by atoms with Crippen LogP contribution in [0.2, 0.25) is 0 Å². The highest BCUT2D eigenvalue weighted by atomic mass is 32.2. The van der Waals surface area contributed by atoms with E-state index < -0.39 is 0 Å². The Balaban J connectivity index is 1.90. The number of fused-ring (bicyclic) bond motifs is 3. The topological polar surface area (TPSA) is 51.8 Å². The van der Waals surface area contributed by atoms with Gasteiger partial charge in [-0.1, -0.05) is 32.5 Å². The van der Waals surface area contributed by atoms with Crippen molar-refractivity contribution >= 4 is 39.1 Å². The van der Waals surface area contributed by atoms with Crippen LogP contribution in [0, 0.1) is 11.8 Å². The molecule has 0 amide bonds. The van der Waals surface area contributed by atoms with Gasteiger partial charge >= 0.3 is 0 Å². The third-order valence-corrected chi connectivity index (χ3v) is 6.12. The molecular formula is C16H23N3S2. The maximum Gasteiger partial charge on any atom is 0.190 e. The van der Waals surface area contributed by atoms with Crippen LogP contribution in [0.15, 0.2) is 5.16 Å². The molecule has 5 heteroatoms. The van der Waals surface area contributed by atoms with Crippen molar-refractivity contribution in [2.75, 3.05) is 11.5 Å². The minimum Gasteiger partial charge on any atom is -0.383 e. The van der Waals surface area contributed by atoms with Gasteiger partial charge < -0.3 is 5.73 Å². The second-order valence-electron chi connectivity index (χ2n) is 6.45. The first kappa shape index (κ1) is 15.1. The maximum absolute atomic E-state index is 6.23. The summed E-state index contributed by atoms with van der Waals surface area (Å²) in [6.45, 7) is 6.82. The smallest absolute Gasteiger partial charge is 0.190 e. The predicted molar refractivity (Wildman–Crippen MR) is 93.2 cm³/mol. The second-order valence-corrected chi connectivity index (χ2v) is 8.60. The van der Waals surface area contributed by atoms with Gasteiger partial charge in [-0.25, -0.2) is 9.97 Å². The van der Waals surface area contributed by atoms with Crippen molar-refractivity contribution in [3.8, 4) is 0 Å². The Morgan fingerprint density at radius 2 is 2.19 bits per heavy atom. The summed E-state index contributed by atoms with van der Waals surface area (Å²) in [6, 6.07) is 0. The molecule has 3 nitrogen and oxygen atoms in total. The van der Waals surface area contributed by atoms with E-state index in [0.717, 1.165) is 33.5 Å². The number of nitrogens with zero attached hydrogens (tertiary/aromatic N) is 2. The predicted octanol–water partition coefficient (Wildman–Crippen LogP) is 4.54. The van der Waals surface area contributed by atoms with Gasteiger partial charge in [0.05, 0.1) is 5.39 Å². The van der Waals surface area contributed by atoms with Gasteiger partial charge in [-0.15, -0.1) is 11.3 Å². The summed E-state index contributed by atoms with van der Waals surface area (Å²) in [5.74, 6) is 3.23. The molecule has 2 aromatic rings. The van der Waals surface area contributed by atoms with Gasteiger partial charge in [-0.05, 0) is 43.1 Å². The van der Waals surface area contributed by atoms with E-state index >= 15 is 0 Å². The van der Waals surface area contributed by atoms with Crippen LogP contribution in [-0.4, -0.2) is 15.7 Å². The summed E-state index contributed by atoms with van der Waals surface area (Å²) in [5.41, 5.74) is 7.65. The summed E-state index contributed by atoms with van der Waals surface area (Å²) in [5, 5.41) is 1.97. The van der Waals surface area contributed by atoms with E-state index in [9.17, 15) is 0 Å². The van der Waals surface area contributed by atoms with E-state index in [1.807, 2.05) is 11.3 Å². The Bertz CT molecular complexity index is 648. The van der Waals surface area contributed by atoms with Gasteiger partial charge in [-0.3, -0.25) is 0 Å². The van der Waals surface area contributed by atoms with Gasteiger partial charge in [0.25, 0.3) is 0 Å². The molecule has 21 heavy (non-hydrogen) atoms. The Morgan fingerprint density at radius 1 is 1.38 bits per heavy atom. The summed E-state index contributed by atoms with van der Waals surface area (Å²) in [4.78, 5) is 11.9. The average Bonchev–Trinajstić information content (AvgIpc) is 2.75. The number of thiophene rings is 1. The van der Waals surface area contributed by atoms with Crippen LogP contribution < -0.4 is 5.73 Å². The van der Waals surface area contributed by atoms with Crippen molar-refractivity contribution < 1.29 is 0 Å². The zero-order valence-electron chi connectivity index (χ0n) is 13.0. The number of rotatable bonds is 4. The first-order valence-corrected chi connectivity index (χ1v) is 9.55. The van der Waals surface area contributed by atoms with E-state index in [1.165, 1.54) is 29.7 Å². The van der Waals surface area contributed by atoms with Gasteiger partial charge in [0.15, 0.2) is 5.16 Å². The number of nitrogen functional groups attached to an aromatic ring is 1. The molecule has 0 aliphatic heterocycles. The average molecular weight is 322 g/mol. The summed E-state index contributed by atoms with van der Waals surface area (Å²) in [7, 11) is 0. The maximum atomic E-state index is 6.23. The number of nitrogens with two attached hydrogens (primary N) is 1. The molecule has 0 spiro atoms. The highest BCUT2D eigenvalue weighted by Crippen LogP contribution is 2.39. The van der Waals surface area contributed by atoms with E-state index in [-0.39, 0.29) is 0 Å². The number of aromatic nitrogens is 2. The molecular weight excluding hydrogens is 298 g/mol. The molecule has 2 aromatic heterocycles. The molecule has 0 unspecified atom stereocenters. The largest absolute Gasteiger partial charge is 0.383 e. The summed E-state index contributed by atoms with van der Waals surface area (Å²) in [6.07, 6.45) is 4.74. The van der Waals surface area contributed by atoms with Gasteiger partial charge in [0.2, 0.25) is 0 Å². The van der Waals surface area contributed by atoms with Crippen LogP contribution in [0.3, 0.4) is 0 Å². The van der Waals surface area contributed by atoms with Crippen LogP contribution in [0.1, 0.15) is 44.1 Å². The quantitative estimate of drug-likeness (QED) is 0.663. The number of hydrogen-bond donors (Lipinski definition) is 1. The molecule has 0 aromatic carbocycles. The highest BCUT2D eigenvalue weighted by Gasteiger charge is 2.23. The van der Waals surface area contributed by atoms with Crippen LogP contribution in [0.4, 0.5) is 5.82 Å². The molecule has 1 atom stereocenters. The molecule has 0 radical (unpaired) electrons. The lowest BCUT2D eigenvalue weighted by atomic mass is 9.89. The Labute approximate surface area is 134 Å². The lowest BCUT2D eigenvalue weighted by molar-refractivity contribution is 0.509. The third-order valence-electron chi connectivity index (χ3n) is 4.09. The Hall–Kier alpha value is -0.810. The minimum absolute atomic E-state index is 0.680. The highest BCUT2D eigenvalue weighted by molar-refractivity contribution is 7.99. The fourth-order valence-corrected chi connectivity index (χ4v) is 5.34. The SMILES string of the molecule is CC(C)CCSc1nc(N)c2c3c(sc2n1)C[C@@H](C)CC3. The molecule has 1 aliphatic rings. The fraction of sp³-hybridized carbons (Fsp3) is 0.625. The third kappa shape index (κ3) is 3.19. The number of aryl methyl sites for hydroxylation is 1. The van der Waals surface area contributed by atoms with Crippen molar-refractivity contribution in [1.29, 1.82) is 0 Å². The Kier molecular flexibility index (Phi) is 4.41. The van der Waals surface area contributed by atoms with Crippen LogP contribution in [0.5, 0.6) is 0 Å². The van der Waals surface area contributed by atoms with Gasteiger partial charge in [0.1, 0.15) is 10.6 Å². The molecule has 0 fully saturated rings. The molecule has 0 saturated carbocycles. The van der Waals surface area contributed by atoms with Gasteiger partial charge in [-0.2, -0.15) is 0 Å². The van der Waals surface area contributed by atoms with Crippen molar-refractivity contribution in [2.24, 2.45) is 11.8 Å². The monoisotopic (exact) mass is 321 g/mol. The zero-order valence-corrected chi connectivity index (χ0v) is 14.6. The van der Waals surface area contributed by atoms with E-state index in [2.05, 4.69) is 25.8 Å². The zero-order chi connectivity index (χ0) is 15.0. The molecule has 2 N–H and O–H groups in total. The van der Waals surface area contributed by atoms with Crippen molar-refractivity contribution in [2.45, 2.75) is 51.6 Å². The number of hydrogen-bond acceptors (Lipinski definition) is 5. The first-order valence-electron chi connectivity index (χ1n) is 7.75. The normalized spacial score (nSPS) is 18.4. The van der Waals surface area contributed by atoms with Gasteiger partial charge in [0, 0.05) is 10.6 Å².